The third-order valence-electron chi connectivity index (χ3n) is 6.65. The first-order valence-electron chi connectivity index (χ1n) is 11.1. The maximum Gasteiger partial charge on any atom is 0.408 e. The Morgan fingerprint density at radius 3 is 2.60 bits per heavy atom. The van der Waals surface area contributed by atoms with E-state index >= 15 is 0 Å². The van der Waals surface area contributed by atoms with Crippen LogP contribution in [0.5, 0.6) is 0 Å². The fraction of sp³-hybridized carbons (Fsp3) is 0.455. The lowest BCUT2D eigenvalue weighted by Gasteiger charge is -2.38. The molecule has 35 heavy (non-hydrogen) atoms. The van der Waals surface area contributed by atoms with E-state index in [1.807, 2.05) is 0 Å². The van der Waals surface area contributed by atoms with Crippen LogP contribution in [-0.2, 0) is 11.3 Å². The number of aryl methyl sites for hydroxylation is 1. The highest BCUT2D eigenvalue weighted by Gasteiger charge is 2.47. The van der Waals surface area contributed by atoms with Gasteiger partial charge in [0.15, 0.2) is 0 Å². The second kappa shape index (κ2) is 8.31. The summed E-state index contributed by atoms with van der Waals surface area (Å²) in [7, 11) is 0. The molecular weight excluding hydrogens is 475 g/mol. The molecule has 186 valence electrons. The highest BCUT2D eigenvalue weighted by atomic mass is 19.4. The number of fused-ring (bicyclic) bond motifs is 1. The van der Waals surface area contributed by atoms with Crippen molar-refractivity contribution >= 4 is 22.7 Å². The first kappa shape index (κ1) is 23.2. The number of benzene rings is 1. The summed E-state index contributed by atoms with van der Waals surface area (Å²) in [5, 5.41) is 10.8. The first-order chi connectivity index (χ1) is 16.5. The predicted molar refractivity (Wildman–Crippen MR) is 112 cm³/mol. The molecule has 2 fully saturated rings. The molecule has 2 aromatic heterocycles. The molecule has 0 saturated carbocycles. The summed E-state index contributed by atoms with van der Waals surface area (Å²) in [5.41, 5.74) is 1.21. The number of aromatic nitrogens is 4. The molecule has 8 nitrogen and oxygen atoms in total. The van der Waals surface area contributed by atoms with Gasteiger partial charge in [-0.25, -0.2) is 8.78 Å². The number of alkyl halides is 3. The normalized spacial score (nSPS) is 19.0. The van der Waals surface area contributed by atoms with E-state index in [-0.39, 0.29) is 60.9 Å². The Labute approximate surface area is 195 Å². The largest absolute Gasteiger partial charge is 0.408 e. The molecule has 2 amide bonds. The van der Waals surface area contributed by atoms with Crippen molar-refractivity contribution in [1.82, 2.24) is 29.8 Å². The van der Waals surface area contributed by atoms with Crippen LogP contribution in [0.1, 0.15) is 40.5 Å². The zero-order valence-corrected chi connectivity index (χ0v) is 18.6. The molecule has 13 heteroatoms. The van der Waals surface area contributed by atoms with Gasteiger partial charge in [0.05, 0.1) is 28.4 Å². The molecule has 0 radical (unpaired) electrons. The number of likely N-dealkylation sites (tertiary alicyclic amines) is 2. The number of hydrogen-bond acceptors (Lipinski definition) is 4. The fourth-order valence-electron chi connectivity index (χ4n) is 4.84. The number of amides is 2. The third-order valence-corrected chi connectivity index (χ3v) is 6.65. The van der Waals surface area contributed by atoms with E-state index in [4.69, 9.17) is 0 Å². The summed E-state index contributed by atoms with van der Waals surface area (Å²) < 4.78 is 69.8. The Balaban J connectivity index is 1.41. The van der Waals surface area contributed by atoms with Gasteiger partial charge in [-0.3, -0.25) is 19.4 Å². The van der Waals surface area contributed by atoms with Gasteiger partial charge in [0.2, 0.25) is 5.91 Å². The number of hydrogen-bond donors (Lipinski definition) is 1. The lowest BCUT2D eigenvalue weighted by molar-refractivity contribution is -0.183. The minimum Gasteiger partial charge on any atom is -0.337 e. The molecule has 0 unspecified atom stereocenters. The summed E-state index contributed by atoms with van der Waals surface area (Å²) in [5.74, 6) is -3.26. The van der Waals surface area contributed by atoms with Gasteiger partial charge in [0, 0.05) is 43.4 Å². The van der Waals surface area contributed by atoms with Crippen LogP contribution >= 0.6 is 0 Å². The van der Waals surface area contributed by atoms with E-state index < -0.39 is 36.3 Å². The molecule has 0 aliphatic carbocycles. The molecule has 0 spiro atoms. The average molecular weight is 496 g/mol. The quantitative estimate of drug-likeness (QED) is 0.563. The van der Waals surface area contributed by atoms with Gasteiger partial charge in [-0.1, -0.05) is 0 Å². The van der Waals surface area contributed by atoms with Gasteiger partial charge >= 0.3 is 6.18 Å². The molecule has 1 N–H and O–H groups in total. The van der Waals surface area contributed by atoms with Crippen molar-refractivity contribution in [3.05, 3.63) is 46.9 Å². The van der Waals surface area contributed by atoms with Crippen LogP contribution in [0.15, 0.2) is 18.3 Å². The van der Waals surface area contributed by atoms with E-state index in [0.717, 1.165) is 15.6 Å². The van der Waals surface area contributed by atoms with Crippen molar-refractivity contribution in [1.29, 1.82) is 0 Å². The van der Waals surface area contributed by atoms with Crippen LogP contribution in [0.25, 0.3) is 10.9 Å². The van der Waals surface area contributed by atoms with Crippen molar-refractivity contribution < 1.29 is 31.5 Å². The fourth-order valence-corrected chi connectivity index (χ4v) is 4.84. The molecule has 1 aromatic carbocycles. The Bertz CT molecular complexity index is 1310. The summed E-state index contributed by atoms with van der Waals surface area (Å²) in [4.78, 5) is 27.7. The second-order valence-electron chi connectivity index (χ2n) is 8.93. The smallest absolute Gasteiger partial charge is 0.337 e. The molecular formula is C22H21F5N6O2. The lowest BCUT2D eigenvalue weighted by atomic mass is 9.93. The molecule has 5 rings (SSSR count). The van der Waals surface area contributed by atoms with Gasteiger partial charge in [0.1, 0.15) is 24.2 Å². The topological polar surface area (TPSA) is 87.1 Å². The van der Waals surface area contributed by atoms with Gasteiger partial charge in [0.25, 0.3) is 5.91 Å². The van der Waals surface area contributed by atoms with Crippen LogP contribution < -0.4 is 0 Å². The number of carbonyl (C=O) groups excluding carboxylic acids is 2. The monoisotopic (exact) mass is 496 g/mol. The van der Waals surface area contributed by atoms with Gasteiger partial charge in [-0.05, 0) is 19.8 Å². The SMILES string of the molecule is Cc1[nH]ncc1C(=O)N1CC(c2nn(CC(=O)N3CCC[C@H]3C(F)(F)F)c3cc(F)cc(F)c23)C1. The van der Waals surface area contributed by atoms with Crippen LogP contribution in [0.3, 0.4) is 0 Å². The number of aromatic amines is 1. The summed E-state index contributed by atoms with van der Waals surface area (Å²) in [6.45, 7) is 1.49. The molecule has 2 saturated heterocycles. The van der Waals surface area contributed by atoms with Crippen LogP contribution in [0, 0.1) is 18.6 Å². The number of carbonyl (C=O) groups is 2. The molecule has 0 bridgehead atoms. The number of H-pyrrole nitrogens is 1. The average Bonchev–Trinajstić information content (AvgIpc) is 3.45. The van der Waals surface area contributed by atoms with E-state index in [1.54, 1.807) is 6.92 Å². The Kier molecular flexibility index (Phi) is 5.52. The predicted octanol–water partition coefficient (Wildman–Crippen LogP) is 3.14. The first-order valence-corrected chi connectivity index (χ1v) is 11.1. The maximum absolute atomic E-state index is 14.8. The second-order valence-corrected chi connectivity index (χ2v) is 8.93. The minimum atomic E-state index is -4.56. The van der Waals surface area contributed by atoms with E-state index in [1.165, 1.54) is 11.1 Å². The van der Waals surface area contributed by atoms with Crippen LogP contribution in [0.4, 0.5) is 22.0 Å². The highest BCUT2D eigenvalue weighted by Crippen LogP contribution is 2.36. The van der Waals surface area contributed by atoms with Crippen molar-refractivity contribution in [2.45, 2.75) is 44.4 Å². The number of nitrogens with one attached hydrogen (secondary N) is 1. The van der Waals surface area contributed by atoms with Crippen molar-refractivity contribution in [2.24, 2.45) is 0 Å². The van der Waals surface area contributed by atoms with Crippen molar-refractivity contribution in [3.63, 3.8) is 0 Å². The molecule has 4 heterocycles. The molecule has 3 aromatic rings. The van der Waals surface area contributed by atoms with Gasteiger partial charge < -0.3 is 9.80 Å². The molecule has 2 aliphatic rings. The highest BCUT2D eigenvalue weighted by molar-refractivity contribution is 5.96. The number of rotatable bonds is 4. The Morgan fingerprint density at radius 1 is 1.20 bits per heavy atom. The van der Waals surface area contributed by atoms with Crippen molar-refractivity contribution in [3.8, 4) is 0 Å². The third kappa shape index (κ3) is 4.02. The maximum atomic E-state index is 14.8. The van der Waals surface area contributed by atoms with E-state index in [2.05, 4.69) is 15.3 Å². The number of halogens is 5. The van der Waals surface area contributed by atoms with E-state index in [9.17, 15) is 31.5 Å². The Hall–Kier alpha value is -3.51. The lowest BCUT2D eigenvalue weighted by Crippen LogP contribution is -2.48. The Morgan fingerprint density at radius 2 is 1.94 bits per heavy atom. The summed E-state index contributed by atoms with van der Waals surface area (Å²) in [6, 6.07) is -0.192. The summed E-state index contributed by atoms with van der Waals surface area (Å²) in [6.07, 6.45) is -3.12. The van der Waals surface area contributed by atoms with Gasteiger partial charge in [-0.2, -0.15) is 23.4 Å². The van der Waals surface area contributed by atoms with Crippen LogP contribution in [-0.4, -0.2) is 73.4 Å². The van der Waals surface area contributed by atoms with Crippen molar-refractivity contribution in [2.75, 3.05) is 19.6 Å². The number of nitrogens with zero attached hydrogens (tertiary/aromatic N) is 5. The van der Waals surface area contributed by atoms with E-state index in [0.29, 0.717) is 17.3 Å². The standard InChI is InChI=1S/C22H21F5N6O2/c1-11-14(7-28-29-11)21(35)31-8-12(9-31)20-19-15(24)5-13(23)6-16(19)33(30-20)10-18(34)32-4-2-3-17(32)22(25,26)27/h5-7,12,17H,2-4,8-10H2,1H3,(H,28,29)/t17-/m0/s1. The zero-order valence-electron chi connectivity index (χ0n) is 18.6. The summed E-state index contributed by atoms with van der Waals surface area (Å²) >= 11 is 0. The molecule has 1 atom stereocenters. The zero-order chi connectivity index (χ0) is 25.1. The van der Waals surface area contributed by atoms with Gasteiger partial charge in [-0.15, -0.1) is 0 Å². The minimum absolute atomic E-state index is 0.00964. The van der Waals surface area contributed by atoms with Crippen LogP contribution in [0.2, 0.25) is 0 Å². The molecule has 2 aliphatic heterocycles.